The molecule has 7 nitrogen and oxygen atoms in total. The van der Waals surface area contributed by atoms with Gasteiger partial charge in [-0.3, -0.25) is 10.1 Å². The first-order valence-corrected chi connectivity index (χ1v) is 9.47. The molecule has 0 bridgehead atoms. The fourth-order valence-corrected chi connectivity index (χ4v) is 2.87. The Kier molecular flexibility index (Phi) is 5.96. The number of nitrogens with one attached hydrogen (secondary N) is 2. The van der Waals surface area contributed by atoms with Gasteiger partial charge in [0.2, 0.25) is 12.7 Å². The fraction of sp³-hybridized carbons (Fsp3) is 0.364. The maximum atomic E-state index is 12.4. The molecule has 3 rings (SSSR count). The molecular weight excluding hydrogens is 372 g/mol. The van der Waals surface area contributed by atoms with Gasteiger partial charge >= 0.3 is 6.09 Å². The first kappa shape index (κ1) is 20.5. The van der Waals surface area contributed by atoms with Crippen molar-refractivity contribution < 1.29 is 23.8 Å². The summed E-state index contributed by atoms with van der Waals surface area (Å²) >= 11 is 0. The van der Waals surface area contributed by atoms with Gasteiger partial charge in [0.15, 0.2) is 11.5 Å². The standard InChI is InChI=1S/C22H26N2O5/c1-14(16-7-10-18-19(12-16)28-13-27-18)23-20(25)11-15-5-8-17(9-6-15)24-21(26)29-22(2,3)4/h5-10,12,14H,11,13H2,1-4H3,(H,23,25)(H,24,26)/t14-/m1/s1. The summed E-state index contributed by atoms with van der Waals surface area (Å²) in [7, 11) is 0. The first-order chi connectivity index (χ1) is 13.7. The fourth-order valence-electron chi connectivity index (χ4n) is 2.87. The van der Waals surface area contributed by atoms with Crippen molar-refractivity contribution in [1.29, 1.82) is 0 Å². The van der Waals surface area contributed by atoms with Crippen LogP contribution in [0.25, 0.3) is 0 Å². The summed E-state index contributed by atoms with van der Waals surface area (Å²) in [6.45, 7) is 7.55. The van der Waals surface area contributed by atoms with Gasteiger partial charge in [-0.2, -0.15) is 0 Å². The quantitative estimate of drug-likeness (QED) is 0.789. The topological polar surface area (TPSA) is 85.9 Å². The van der Waals surface area contributed by atoms with Crippen molar-refractivity contribution in [3.05, 3.63) is 53.6 Å². The Morgan fingerprint density at radius 1 is 1.07 bits per heavy atom. The average molecular weight is 398 g/mol. The van der Waals surface area contributed by atoms with E-state index in [-0.39, 0.29) is 25.2 Å². The van der Waals surface area contributed by atoms with E-state index >= 15 is 0 Å². The third-order valence-electron chi connectivity index (χ3n) is 4.24. The molecule has 154 valence electrons. The molecule has 1 heterocycles. The Morgan fingerprint density at radius 2 is 1.76 bits per heavy atom. The summed E-state index contributed by atoms with van der Waals surface area (Å²) in [6, 6.07) is 12.6. The van der Waals surface area contributed by atoms with E-state index in [0.29, 0.717) is 17.2 Å². The SMILES string of the molecule is C[C@@H](NC(=O)Cc1ccc(NC(=O)OC(C)(C)C)cc1)c1ccc2c(c1)OCO2. The molecule has 2 aromatic rings. The Hall–Kier alpha value is -3.22. The summed E-state index contributed by atoms with van der Waals surface area (Å²) in [5.74, 6) is 1.31. The molecule has 0 aliphatic carbocycles. The maximum absolute atomic E-state index is 12.4. The highest BCUT2D eigenvalue weighted by Crippen LogP contribution is 2.34. The lowest BCUT2D eigenvalue weighted by molar-refractivity contribution is -0.121. The Morgan fingerprint density at radius 3 is 2.45 bits per heavy atom. The van der Waals surface area contributed by atoms with E-state index in [1.165, 1.54) is 0 Å². The molecule has 29 heavy (non-hydrogen) atoms. The van der Waals surface area contributed by atoms with Gasteiger partial charge in [-0.15, -0.1) is 0 Å². The average Bonchev–Trinajstić information content (AvgIpc) is 3.09. The van der Waals surface area contributed by atoms with Gasteiger partial charge in [0.05, 0.1) is 12.5 Å². The second-order valence-corrected chi connectivity index (χ2v) is 7.90. The minimum absolute atomic E-state index is 0.0944. The molecule has 1 aliphatic rings. The Bertz CT molecular complexity index is 887. The molecular formula is C22H26N2O5. The lowest BCUT2D eigenvalue weighted by Crippen LogP contribution is -2.28. The summed E-state index contributed by atoms with van der Waals surface area (Å²) in [5, 5.41) is 5.65. The van der Waals surface area contributed by atoms with Crippen molar-refractivity contribution in [2.45, 2.75) is 45.8 Å². The molecule has 0 unspecified atom stereocenters. The second-order valence-electron chi connectivity index (χ2n) is 7.90. The van der Waals surface area contributed by atoms with Crippen LogP contribution in [0.1, 0.15) is 44.9 Å². The summed E-state index contributed by atoms with van der Waals surface area (Å²) in [5.41, 5.74) is 1.84. The van der Waals surface area contributed by atoms with E-state index < -0.39 is 11.7 Å². The molecule has 0 saturated carbocycles. The van der Waals surface area contributed by atoms with E-state index in [0.717, 1.165) is 11.1 Å². The number of hydrogen-bond acceptors (Lipinski definition) is 5. The molecule has 2 N–H and O–H groups in total. The van der Waals surface area contributed by atoms with Crippen molar-refractivity contribution >= 4 is 17.7 Å². The van der Waals surface area contributed by atoms with Crippen molar-refractivity contribution in [2.75, 3.05) is 12.1 Å². The van der Waals surface area contributed by atoms with Crippen molar-refractivity contribution in [2.24, 2.45) is 0 Å². The summed E-state index contributed by atoms with van der Waals surface area (Å²) < 4.78 is 15.9. The number of benzene rings is 2. The number of amides is 2. The van der Waals surface area contributed by atoms with Crippen LogP contribution in [0.4, 0.5) is 10.5 Å². The second kappa shape index (κ2) is 8.43. The zero-order valence-electron chi connectivity index (χ0n) is 17.1. The molecule has 1 atom stereocenters. The molecule has 0 saturated heterocycles. The molecule has 2 aromatic carbocycles. The van der Waals surface area contributed by atoms with Crippen LogP contribution in [0.2, 0.25) is 0 Å². The summed E-state index contributed by atoms with van der Waals surface area (Å²) in [6.07, 6.45) is -0.276. The highest BCUT2D eigenvalue weighted by atomic mass is 16.7. The molecule has 0 radical (unpaired) electrons. The predicted octanol–water partition coefficient (Wildman–Crippen LogP) is 4.18. The minimum Gasteiger partial charge on any atom is -0.454 e. The number of anilines is 1. The van der Waals surface area contributed by atoms with Gasteiger partial charge in [-0.1, -0.05) is 18.2 Å². The summed E-state index contributed by atoms with van der Waals surface area (Å²) in [4.78, 5) is 24.2. The number of ether oxygens (including phenoxy) is 3. The number of rotatable bonds is 5. The van der Waals surface area contributed by atoms with Crippen LogP contribution in [0.15, 0.2) is 42.5 Å². The third-order valence-corrected chi connectivity index (χ3v) is 4.24. The van der Waals surface area contributed by atoms with Crippen LogP contribution in [0.5, 0.6) is 11.5 Å². The zero-order chi connectivity index (χ0) is 21.0. The molecule has 2 amide bonds. The van der Waals surface area contributed by atoms with Crippen LogP contribution in [0, 0.1) is 0 Å². The van der Waals surface area contributed by atoms with Crippen molar-refractivity contribution in [3.8, 4) is 11.5 Å². The lowest BCUT2D eigenvalue weighted by atomic mass is 10.1. The monoisotopic (exact) mass is 398 g/mol. The number of carbonyl (C=O) groups excluding carboxylic acids is 2. The molecule has 0 fully saturated rings. The van der Waals surface area contributed by atoms with E-state index in [1.807, 2.05) is 25.1 Å². The van der Waals surface area contributed by atoms with E-state index in [2.05, 4.69) is 10.6 Å². The smallest absolute Gasteiger partial charge is 0.412 e. The van der Waals surface area contributed by atoms with Crippen LogP contribution in [-0.4, -0.2) is 24.4 Å². The Labute approximate surface area is 170 Å². The minimum atomic E-state index is -0.559. The zero-order valence-corrected chi connectivity index (χ0v) is 17.1. The third kappa shape index (κ3) is 5.88. The van der Waals surface area contributed by atoms with Gasteiger partial charge in [0, 0.05) is 5.69 Å². The van der Waals surface area contributed by atoms with Crippen LogP contribution < -0.4 is 20.1 Å². The normalized spacial score (nSPS) is 13.5. The highest BCUT2D eigenvalue weighted by Gasteiger charge is 2.18. The van der Waals surface area contributed by atoms with Crippen molar-refractivity contribution in [1.82, 2.24) is 5.32 Å². The van der Waals surface area contributed by atoms with Gasteiger partial charge in [-0.05, 0) is 63.1 Å². The lowest BCUT2D eigenvalue weighted by Gasteiger charge is -2.19. The van der Waals surface area contributed by atoms with Crippen LogP contribution >= 0.6 is 0 Å². The van der Waals surface area contributed by atoms with E-state index in [1.54, 1.807) is 45.0 Å². The molecule has 1 aliphatic heterocycles. The largest absolute Gasteiger partial charge is 0.454 e. The Balaban J connectivity index is 1.52. The molecule has 0 spiro atoms. The molecule has 7 heteroatoms. The molecule has 0 aromatic heterocycles. The van der Waals surface area contributed by atoms with Crippen LogP contribution in [-0.2, 0) is 16.0 Å². The number of fused-ring (bicyclic) bond motifs is 1. The van der Waals surface area contributed by atoms with Gasteiger partial charge in [0.25, 0.3) is 0 Å². The van der Waals surface area contributed by atoms with E-state index in [9.17, 15) is 9.59 Å². The van der Waals surface area contributed by atoms with Crippen molar-refractivity contribution in [3.63, 3.8) is 0 Å². The van der Waals surface area contributed by atoms with Crippen LogP contribution in [0.3, 0.4) is 0 Å². The number of hydrogen-bond donors (Lipinski definition) is 2. The van der Waals surface area contributed by atoms with Gasteiger partial charge < -0.3 is 19.5 Å². The highest BCUT2D eigenvalue weighted by molar-refractivity contribution is 5.85. The van der Waals surface area contributed by atoms with Gasteiger partial charge in [-0.25, -0.2) is 4.79 Å². The first-order valence-electron chi connectivity index (χ1n) is 9.47. The number of carbonyl (C=O) groups is 2. The predicted molar refractivity (Wildman–Crippen MR) is 109 cm³/mol. The van der Waals surface area contributed by atoms with Gasteiger partial charge in [0.1, 0.15) is 5.60 Å². The maximum Gasteiger partial charge on any atom is 0.412 e. The van der Waals surface area contributed by atoms with E-state index in [4.69, 9.17) is 14.2 Å².